The first-order valence-corrected chi connectivity index (χ1v) is 9.60. The van der Waals surface area contributed by atoms with Crippen LogP contribution in [0.15, 0.2) is 57.7 Å². The van der Waals surface area contributed by atoms with Gasteiger partial charge < -0.3 is 14.5 Å². The van der Waals surface area contributed by atoms with E-state index in [9.17, 15) is 14.4 Å². The van der Waals surface area contributed by atoms with E-state index in [2.05, 4.69) is 5.32 Å². The van der Waals surface area contributed by atoms with E-state index in [1.54, 1.807) is 49.4 Å². The number of carbonyl (C=O) groups is 2. The third-order valence-corrected chi connectivity index (χ3v) is 4.82. The number of halogens is 1. The number of rotatable bonds is 4. The highest BCUT2D eigenvalue weighted by molar-refractivity contribution is 6.31. The van der Waals surface area contributed by atoms with Crippen LogP contribution in [-0.4, -0.2) is 22.9 Å². The molecule has 0 fully saturated rings. The Labute approximate surface area is 175 Å². The Morgan fingerprint density at radius 2 is 1.87 bits per heavy atom. The maximum atomic E-state index is 13.1. The van der Waals surface area contributed by atoms with Crippen LogP contribution in [0.1, 0.15) is 33.2 Å². The highest BCUT2D eigenvalue weighted by Crippen LogP contribution is 2.26. The smallest absolute Gasteiger partial charge is 0.343 e. The number of hydrogen-bond donors (Lipinski definition) is 1. The number of esters is 1. The molecule has 4 rings (SSSR count). The van der Waals surface area contributed by atoms with Crippen molar-refractivity contribution in [2.24, 2.45) is 0 Å². The van der Waals surface area contributed by atoms with Crippen molar-refractivity contribution in [1.29, 1.82) is 0 Å². The van der Waals surface area contributed by atoms with Crippen molar-refractivity contribution in [3.63, 3.8) is 0 Å². The van der Waals surface area contributed by atoms with Crippen molar-refractivity contribution in [3.05, 3.63) is 80.6 Å². The Balaban J connectivity index is 1.91. The van der Waals surface area contributed by atoms with E-state index < -0.39 is 17.4 Å². The van der Waals surface area contributed by atoms with E-state index in [4.69, 9.17) is 20.8 Å². The summed E-state index contributed by atoms with van der Waals surface area (Å²) in [5.41, 5.74) is 1.54. The summed E-state index contributed by atoms with van der Waals surface area (Å²) in [4.78, 5) is 38.3. The zero-order valence-corrected chi connectivity index (χ0v) is 16.9. The Kier molecular flexibility index (Phi) is 5.05. The van der Waals surface area contributed by atoms with Crippen LogP contribution in [0.3, 0.4) is 0 Å². The minimum Gasteiger partial charge on any atom is -0.462 e. The van der Waals surface area contributed by atoms with E-state index in [-0.39, 0.29) is 23.6 Å². The van der Waals surface area contributed by atoms with Crippen molar-refractivity contribution in [2.45, 2.75) is 13.8 Å². The van der Waals surface area contributed by atoms with E-state index >= 15 is 0 Å². The fourth-order valence-electron chi connectivity index (χ4n) is 3.12. The maximum Gasteiger partial charge on any atom is 0.343 e. The number of hydrogen-bond acceptors (Lipinski definition) is 5. The average Bonchev–Trinajstić information content (AvgIpc) is 3.09. The van der Waals surface area contributed by atoms with Gasteiger partial charge in [0, 0.05) is 16.7 Å². The van der Waals surface area contributed by atoms with E-state index in [1.165, 1.54) is 10.5 Å². The maximum absolute atomic E-state index is 13.1. The molecule has 2 heterocycles. The molecule has 0 aliphatic heterocycles. The first-order chi connectivity index (χ1) is 14.4. The molecule has 0 radical (unpaired) electrons. The summed E-state index contributed by atoms with van der Waals surface area (Å²) >= 11 is 6.02. The van der Waals surface area contributed by atoms with Crippen LogP contribution in [0.4, 0.5) is 5.69 Å². The molecule has 0 saturated heterocycles. The zero-order valence-electron chi connectivity index (χ0n) is 16.2. The molecule has 0 aliphatic rings. The second-order valence-electron chi connectivity index (χ2n) is 6.67. The monoisotopic (exact) mass is 424 g/mol. The first-order valence-electron chi connectivity index (χ1n) is 9.22. The Hall–Kier alpha value is -3.58. The molecule has 7 nitrogen and oxygen atoms in total. The number of oxazole rings is 1. The quantitative estimate of drug-likeness (QED) is 0.489. The summed E-state index contributed by atoms with van der Waals surface area (Å²) < 4.78 is 12.1. The van der Waals surface area contributed by atoms with Crippen molar-refractivity contribution in [1.82, 2.24) is 4.40 Å². The van der Waals surface area contributed by atoms with Gasteiger partial charge in [0.1, 0.15) is 11.3 Å². The molecular formula is C22H17ClN2O5. The van der Waals surface area contributed by atoms with E-state index in [0.717, 1.165) is 5.56 Å². The van der Waals surface area contributed by atoms with Gasteiger partial charge in [-0.2, -0.15) is 0 Å². The standard InChI is InChI=1S/C22H17ClN2O5/c1-3-29-22(28)15-11-16(24-19(26)13-6-4-12(2)5-7-13)20(27)25-17-9-8-14(23)10-18(17)30-21(15)25/h4-11H,3H2,1-2H3,(H,24,26). The molecule has 1 N–H and O–H groups in total. The minimum absolute atomic E-state index is 0.0166. The van der Waals surface area contributed by atoms with E-state index in [1.807, 2.05) is 6.92 Å². The van der Waals surface area contributed by atoms with Crippen LogP contribution in [-0.2, 0) is 4.74 Å². The number of aromatic nitrogens is 1. The molecule has 0 unspecified atom stereocenters. The van der Waals surface area contributed by atoms with Crippen molar-refractivity contribution in [2.75, 3.05) is 11.9 Å². The molecule has 0 saturated carbocycles. The summed E-state index contributed by atoms with van der Waals surface area (Å²) in [5, 5.41) is 3.01. The van der Waals surface area contributed by atoms with Crippen LogP contribution in [0.2, 0.25) is 5.02 Å². The summed E-state index contributed by atoms with van der Waals surface area (Å²) in [6.07, 6.45) is 0. The summed E-state index contributed by atoms with van der Waals surface area (Å²) in [6.45, 7) is 3.72. The van der Waals surface area contributed by atoms with Gasteiger partial charge in [-0.3, -0.25) is 9.59 Å². The molecular weight excluding hydrogens is 408 g/mol. The summed E-state index contributed by atoms with van der Waals surface area (Å²) in [6, 6.07) is 12.9. The highest BCUT2D eigenvalue weighted by atomic mass is 35.5. The van der Waals surface area contributed by atoms with Crippen LogP contribution in [0.5, 0.6) is 0 Å². The van der Waals surface area contributed by atoms with Crippen LogP contribution in [0, 0.1) is 6.92 Å². The molecule has 0 bridgehead atoms. The lowest BCUT2D eigenvalue weighted by molar-refractivity contribution is 0.0526. The number of fused-ring (bicyclic) bond motifs is 3. The summed E-state index contributed by atoms with van der Waals surface area (Å²) in [5.74, 6) is -1.15. The lowest BCUT2D eigenvalue weighted by Crippen LogP contribution is -2.24. The first kappa shape index (κ1) is 19.7. The second kappa shape index (κ2) is 7.68. The Bertz CT molecular complexity index is 1350. The number of benzene rings is 2. The topological polar surface area (TPSA) is 90.0 Å². The van der Waals surface area contributed by atoms with Gasteiger partial charge >= 0.3 is 5.97 Å². The van der Waals surface area contributed by atoms with Crippen molar-refractivity contribution < 1.29 is 18.7 Å². The molecule has 0 atom stereocenters. The molecule has 152 valence electrons. The van der Waals surface area contributed by atoms with Crippen molar-refractivity contribution >= 4 is 46.0 Å². The highest BCUT2D eigenvalue weighted by Gasteiger charge is 2.23. The fourth-order valence-corrected chi connectivity index (χ4v) is 3.29. The number of aryl methyl sites for hydroxylation is 1. The van der Waals surface area contributed by atoms with Gasteiger partial charge in [0.05, 0.1) is 12.1 Å². The molecule has 0 spiro atoms. The number of nitrogens with zero attached hydrogens (tertiary/aromatic N) is 1. The van der Waals surface area contributed by atoms with Gasteiger partial charge in [0.2, 0.25) is 5.71 Å². The number of nitrogens with one attached hydrogen (secondary N) is 1. The molecule has 2 aromatic heterocycles. The molecule has 2 aromatic carbocycles. The summed E-state index contributed by atoms with van der Waals surface area (Å²) in [7, 11) is 0. The van der Waals surface area contributed by atoms with Gasteiger partial charge in [-0.25, -0.2) is 9.20 Å². The number of carbonyl (C=O) groups excluding carboxylic acids is 2. The van der Waals surface area contributed by atoms with Crippen LogP contribution in [0.25, 0.3) is 16.8 Å². The normalized spacial score (nSPS) is 11.0. The number of amides is 1. The number of ether oxygens (including phenoxy) is 1. The SMILES string of the molecule is CCOC(=O)c1cc(NC(=O)c2ccc(C)cc2)c(=O)n2c1oc1cc(Cl)ccc12. The molecule has 8 heteroatoms. The predicted octanol–water partition coefficient (Wildman–Crippen LogP) is 4.44. The molecule has 30 heavy (non-hydrogen) atoms. The molecule has 0 aliphatic carbocycles. The lowest BCUT2D eigenvalue weighted by Gasteiger charge is -2.08. The van der Waals surface area contributed by atoms with Crippen molar-refractivity contribution in [3.8, 4) is 0 Å². The largest absolute Gasteiger partial charge is 0.462 e. The van der Waals surface area contributed by atoms with Gasteiger partial charge in [-0.1, -0.05) is 29.3 Å². The molecule has 4 aromatic rings. The Morgan fingerprint density at radius 1 is 1.13 bits per heavy atom. The Morgan fingerprint density at radius 3 is 2.57 bits per heavy atom. The van der Waals surface area contributed by atoms with Crippen LogP contribution < -0.4 is 10.9 Å². The number of anilines is 1. The number of pyridine rings is 1. The van der Waals surface area contributed by atoms with Gasteiger partial charge in [-0.05, 0) is 44.2 Å². The van der Waals surface area contributed by atoms with Crippen LogP contribution >= 0.6 is 11.6 Å². The fraction of sp³-hybridized carbons (Fsp3) is 0.136. The van der Waals surface area contributed by atoms with Gasteiger partial charge in [0.15, 0.2) is 5.58 Å². The average molecular weight is 425 g/mol. The third-order valence-electron chi connectivity index (χ3n) is 4.58. The van der Waals surface area contributed by atoms with E-state index in [0.29, 0.717) is 21.7 Å². The zero-order chi connectivity index (χ0) is 21.4. The molecule has 1 amide bonds. The van der Waals surface area contributed by atoms with Gasteiger partial charge in [-0.15, -0.1) is 0 Å². The van der Waals surface area contributed by atoms with Gasteiger partial charge in [0.25, 0.3) is 11.5 Å². The lowest BCUT2D eigenvalue weighted by atomic mass is 10.1. The second-order valence-corrected chi connectivity index (χ2v) is 7.11. The predicted molar refractivity (Wildman–Crippen MR) is 114 cm³/mol. The minimum atomic E-state index is -0.675. The third kappa shape index (κ3) is 3.44.